The summed E-state index contributed by atoms with van der Waals surface area (Å²) in [6, 6.07) is 46.4. The summed E-state index contributed by atoms with van der Waals surface area (Å²) >= 11 is 0. The monoisotopic (exact) mass is 535 g/mol. The van der Waals surface area contributed by atoms with Crippen LogP contribution in [0.4, 0.5) is 0 Å². The van der Waals surface area contributed by atoms with Gasteiger partial charge in [0.15, 0.2) is 0 Å². The first-order valence-corrected chi connectivity index (χ1v) is 14.3. The van der Waals surface area contributed by atoms with Crippen LogP contribution in [0.15, 0.2) is 152 Å². The molecular formula is C39H25N3. The summed E-state index contributed by atoms with van der Waals surface area (Å²) in [7, 11) is 0. The van der Waals surface area contributed by atoms with Gasteiger partial charge in [-0.3, -0.25) is 9.97 Å². The SMILES string of the molecule is c1ccc2c(c1)-c1c(ccc3c1c1ccccc1n3-c1cccc3ccccc13)C2(c1ccncc1)c1ccncc1. The Morgan fingerprint density at radius 2 is 1.12 bits per heavy atom. The predicted molar refractivity (Wildman–Crippen MR) is 171 cm³/mol. The van der Waals surface area contributed by atoms with Crippen molar-refractivity contribution < 1.29 is 0 Å². The molecule has 0 radical (unpaired) electrons. The second kappa shape index (κ2) is 8.73. The molecule has 8 aromatic rings. The predicted octanol–water partition coefficient (Wildman–Crippen LogP) is 9.09. The Morgan fingerprint density at radius 1 is 0.476 bits per heavy atom. The number of benzene rings is 5. The summed E-state index contributed by atoms with van der Waals surface area (Å²) in [6.07, 6.45) is 7.63. The van der Waals surface area contributed by atoms with Crippen LogP contribution in [-0.2, 0) is 5.41 Å². The zero-order valence-corrected chi connectivity index (χ0v) is 22.8. The average Bonchev–Trinajstić information content (AvgIpc) is 3.56. The topological polar surface area (TPSA) is 30.7 Å². The van der Waals surface area contributed by atoms with E-state index in [2.05, 4.69) is 142 Å². The van der Waals surface area contributed by atoms with Crippen molar-refractivity contribution in [2.45, 2.75) is 5.41 Å². The van der Waals surface area contributed by atoms with Crippen LogP contribution in [-0.4, -0.2) is 14.5 Å². The van der Waals surface area contributed by atoms with Gasteiger partial charge in [0, 0.05) is 40.9 Å². The van der Waals surface area contributed by atoms with E-state index in [1.54, 1.807) is 0 Å². The van der Waals surface area contributed by atoms with Crippen LogP contribution in [0.3, 0.4) is 0 Å². The second-order valence-electron chi connectivity index (χ2n) is 11.0. The first kappa shape index (κ1) is 23.2. The number of nitrogens with zero attached hydrogens (tertiary/aromatic N) is 3. The van der Waals surface area contributed by atoms with E-state index in [0.29, 0.717) is 0 Å². The Labute approximate surface area is 243 Å². The molecule has 3 heterocycles. The lowest BCUT2D eigenvalue weighted by Crippen LogP contribution is -2.28. The molecule has 0 spiro atoms. The quantitative estimate of drug-likeness (QED) is 0.226. The van der Waals surface area contributed by atoms with Crippen molar-refractivity contribution >= 4 is 32.6 Å². The molecule has 196 valence electrons. The molecular weight excluding hydrogens is 510 g/mol. The van der Waals surface area contributed by atoms with Gasteiger partial charge in [-0.05, 0) is 81.2 Å². The molecule has 1 aliphatic rings. The normalized spacial score (nSPS) is 13.4. The van der Waals surface area contributed by atoms with E-state index in [1.807, 2.05) is 24.8 Å². The Morgan fingerprint density at radius 3 is 1.90 bits per heavy atom. The van der Waals surface area contributed by atoms with Crippen molar-refractivity contribution in [3.05, 3.63) is 174 Å². The van der Waals surface area contributed by atoms with Crippen molar-refractivity contribution in [2.75, 3.05) is 0 Å². The number of aromatic nitrogens is 3. The van der Waals surface area contributed by atoms with Crippen molar-refractivity contribution in [1.29, 1.82) is 0 Å². The van der Waals surface area contributed by atoms with Gasteiger partial charge in [-0.15, -0.1) is 0 Å². The third-order valence-corrected chi connectivity index (χ3v) is 9.08. The Hall–Kier alpha value is -5.54. The van der Waals surface area contributed by atoms with Crippen LogP contribution in [0.5, 0.6) is 0 Å². The Bertz CT molecular complexity index is 2250. The van der Waals surface area contributed by atoms with E-state index >= 15 is 0 Å². The molecule has 42 heavy (non-hydrogen) atoms. The summed E-state index contributed by atoms with van der Waals surface area (Å²) in [5.41, 5.74) is 10.7. The standard InChI is InChI=1S/C39H25N3/c1-2-10-29-26(8-1)9-7-15-34(29)42-35-14-6-4-12-31(35)38-36(42)17-16-33-37(38)30-11-3-5-13-32(30)39(33,27-18-22-40-23-19-27)28-20-24-41-25-21-28/h1-25H. The minimum absolute atomic E-state index is 0.491. The highest BCUT2D eigenvalue weighted by atomic mass is 15.0. The van der Waals surface area contributed by atoms with Crippen LogP contribution in [0.25, 0.3) is 49.4 Å². The van der Waals surface area contributed by atoms with E-state index in [1.165, 1.54) is 71.6 Å². The van der Waals surface area contributed by atoms with Gasteiger partial charge in [-0.25, -0.2) is 0 Å². The molecule has 0 saturated carbocycles. The van der Waals surface area contributed by atoms with Gasteiger partial charge in [-0.1, -0.05) is 84.9 Å². The van der Waals surface area contributed by atoms with Gasteiger partial charge in [0.25, 0.3) is 0 Å². The fourth-order valence-electron chi connectivity index (χ4n) is 7.48. The van der Waals surface area contributed by atoms with Crippen LogP contribution in [0.2, 0.25) is 0 Å². The molecule has 0 unspecified atom stereocenters. The maximum Gasteiger partial charge on any atom is 0.0715 e. The number of hydrogen-bond acceptors (Lipinski definition) is 2. The van der Waals surface area contributed by atoms with E-state index < -0.39 is 5.41 Å². The fourth-order valence-corrected chi connectivity index (χ4v) is 7.48. The molecule has 1 aliphatic carbocycles. The van der Waals surface area contributed by atoms with Crippen molar-refractivity contribution in [3.8, 4) is 16.8 Å². The first-order valence-electron chi connectivity index (χ1n) is 14.3. The smallest absolute Gasteiger partial charge is 0.0715 e. The lowest BCUT2D eigenvalue weighted by molar-refractivity contribution is 0.764. The van der Waals surface area contributed by atoms with Crippen molar-refractivity contribution in [1.82, 2.24) is 14.5 Å². The van der Waals surface area contributed by atoms with Crippen LogP contribution in [0, 0.1) is 0 Å². The zero-order chi connectivity index (χ0) is 27.7. The number of para-hydroxylation sites is 1. The zero-order valence-electron chi connectivity index (χ0n) is 22.8. The van der Waals surface area contributed by atoms with Gasteiger partial charge in [0.05, 0.1) is 22.1 Å². The summed E-state index contributed by atoms with van der Waals surface area (Å²) in [5, 5.41) is 5.02. The van der Waals surface area contributed by atoms with Crippen molar-refractivity contribution in [2.24, 2.45) is 0 Å². The average molecular weight is 536 g/mol. The van der Waals surface area contributed by atoms with Gasteiger partial charge < -0.3 is 4.57 Å². The van der Waals surface area contributed by atoms with Crippen LogP contribution >= 0.6 is 0 Å². The summed E-state index contributed by atoms with van der Waals surface area (Å²) in [5.74, 6) is 0. The van der Waals surface area contributed by atoms with E-state index in [-0.39, 0.29) is 0 Å². The molecule has 0 saturated heterocycles. The second-order valence-corrected chi connectivity index (χ2v) is 11.0. The Kier molecular flexibility index (Phi) is 4.82. The molecule has 0 aliphatic heterocycles. The summed E-state index contributed by atoms with van der Waals surface area (Å²) in [4.78, 5) is 8.78. The maximum absolute atomic E-state index is 4.39. The number of fused-ring (bicyclic) bond motifs is 8. The lowest BCUT2D eigenvalue weighted by Gasteiger charge is -2.33. The molecule has 0 N–H and O–H groups in total. The molecule has 0 fully saturated rings. The van der Waals surface area contributed by atoms with Gasteiger partial charge in [0.1, 0.15) is 0 Å². The molecule has 0 atom stereocenters. The Balaban J connectivity index is 1.49. The molecule has 3 nitrogen and oxygen atoms in total. The number of pyridine rings is 2. The highest BCUT2D eigenvalue weighted by molar-refractivity contribution is 6.19. The highest BCUT2D eigenvalue weighted by Crippen LogP contribution is 2.58. The largest absolute Gasteiger partial charge is 0.309 e. The van der Waals surface area contributed by atoms with E-state index in [4.69, 9.17) is 0 Å². The minimum Gasteiger partial charge on any atom is -0.309 e. The highest BCUT2D eigenvalue weighted by Gasteiger charge is 2.47. The third kappa shape index (κ3) is 2.94. The third-order valence-electron chi connectivity index (χ3n) is 9.08. The van der Waals surface area contributed by atoms with Gasteiger partial charge in [-0.2, -0.15) is 0 Å². The fraction of sp³-hybridized carbons (Fsp3) is 0.0256. The lowest BCUT2D eigenvalue weighted by atomic mass is 9.68. The molecule has 3 aromatic heterocycles. The first-order chi connectivity index (χ1) is 20.9. The van der Waals surface area contributed by atoms with Gasteiger partial charge in [0.2, 0.25) is 0 Å². The van der Waals surface area contributed by atoms with E-state index in [9.17, 15) is 0 Å². The summed E-state index contributed by atoms with van der Waals surface area (Å²) in [6.45, 7) is 0. The molecule has 9 rings (SSSR count). The van der Waals surface area contributed by atoms with Gasteiger partial charge >= 0.3 is 0 Å². The molecule has 3 heteroatoms. The van der Waals surface area contributed by atoms with Crippen LogP contribution < -0.4 is 0 Å². The number of rotatable bonds is 3. The van der Waals surface area contributed by atoms with E-state index in [0.717, 1.165) is 0 Å². The maximum atomic E-state index is 4.39. The minimum atomic E-state index is -0.491. The molecule has 0 amide bonds. The molecule has 0 bridgehead atoms. The van der Waals surface area contributed by atoms with Crippen molar-refractivity contribution in [3.63, 3.8) is 0 Å². The van der Waals surface area contributed by atoms with Crippen LogP contribution in [0.1, 0.15) is 22.3 Å². The summed E-state index contributed by atoms with van der Waals surface area (Å²) < 4.78 is 2.45. The molecule has 5 aromatic carbocycles. The number of hydrogen-bond donors (Lipinski definition) is 0.